The molecule has 1 aliphatic rings. The lowest BCUT2D eigenvalue weighted by Gasteiger charge is -2.34. The van der Waals surface area contributed by atoms with Crippen molar-refractivity contribution in [3.8, 4) is 6.07 Å². The van der Waals surface area contributed by atoms with Crippen molar-refractivity contribution in [1.29, 1.82) is 5.26 Å². The van der Waals surface area contributed by atoms with Gasteiger partial charge >= 0.3 is 5.97 Å². The van der Waals surface area contributed by atoms with Crippen LogP contribution < -0.4 is 0 Å². The van der Waals surface area contributed by atoms with Crippen LogP contribution in [0.5, 0.6) is 0 Å². The van der Waals surface area contributed by atoms with Gasteiger partial charge in [0, 0.05) is 32.7 Å². The zero-order chi connectivity index (χ0) is 21.5. The van der Waals surface area contributed by atoms with Crippen molar-refractivity contribution >= 4 is 11.9 Å². The lowest BCUT2D eigenvalue weighted by molar-refractivity contribution is -0.136. The fourth-order valence-corrected chi connectivity index (χ4v) is 3.40. The molecular weight excluding hydrogens is 378 g/mol. The summed E-state index contributed by atoms with van der Waals surface area (Å²) in [4.78, 5) is 28.5. The number of hydrogen-bond acceptors (Lipinski definition) is 5. The van der Waals surface area contributed by atoms with Gasteiger partial charge in [-0.25, -0.2) is 4.79 Å². The predicted molar refractivity (Wildman–Crippen MR) is 114 cm³/mol. The van der Waals surface area contributed by atoms with E-state index in [1.165, 1.54) is 23.3 Å². The smallest absolute Gasteiger partial charge is 0.338 e. The van der Waals surface area contributed by atoms with Crippen molar-refractivity contribution in [2.75, 3.05) is 32.8 Å². The number of piperazine rings is 1. The number of nitrogens with zero attached hydrogens (tertiary/aromatic N) is 3. The van der Waals surface area contributed by atoms with E-state index in [0.29, 0.717) is 30.1 Å². The molecule has 3 rings (SSSR count). The Morgan fingerprint density at radius 2 is 1.63 bits per heavy atom. The summed E-state index contributed by atoms with van der Waals surface area (Å²) in [6, 6.07) is 16.9. The lowest BCUT2D eigenvalue weighted by atomic mass is 10.0. The van der Waals surface area contributed by atoms with Gasteiger partial charge in [-0.2, -0.15) is 5.26 Å². The Balaban J connectivity index is 1.42. The number of ether oxygens (including phenoxy) is 1. The van der Waals surface area contributed by atoms with Crippen LogP contribution in [-0.4, -0.2) is 54.5 Å². The van der Waals surface area contributed by atoms with Gasteiger partial charge in [0.15, 0.2) is 6.61 Å². The van der Waals surface area contributed by atoms with E-state index in [9.17, 15) is 9.59 Å². The second-order valence-corrected chi connectivity index (χ2v) is 7.82. The molecule has 156 valence electrons. The third-order valence-electron chi connectivity index (χ3n) is 5.35. The molecule has 2 aromatic rings. The first-order chi connectivity index (χ1) is 14.5. The summed E-state index contributed by atoms with van der Waals surface area (Å²) in [5, 5.41) is 8.80. The maximum Gasteiger partial charge on any atom is 0.338 e. The first-order valence-electron chi connectivity index (χ1n) is 10.2. The highest BCUT2D eigenvalue weighted by atomic mass is 16.5. The highest BCUT2D eigenvalue weighted by molar-refractivity contribution is 5.91. The maximum atomic E-state index is 12.4. The van der Waals surface area contributed by atoms with Gasteiger partial charge in [0.05, 0.1) is 17.2 Å². The summed E-state index contributed by atoms with van der Waals surface area (Å²) in [6.07, 6.45) is 0. The zero-order valence-electron chi connectivity index (χ0n) is 17.5. The molecule has 0 unspecified atom stereocenters. The van der Waals surface area contributed by atoms with Gasteiger partial charge < -0.3 is 9.64 Å². The molecule has 1 amide bonds. The molecule has 0 bridgehead atoms. The van der Waals surface area contributed by atoms with Gasteiger partial charge in [-0.3, -0.25) is 9.69 Å². The largest absolute Gasteiger partial charge is 0.452 e. The topological polar surface area (TPSA) is 73.6 Å². The van der Waals surface area contributed by atoms with Crippen LogP contribution in [0.25, 0.3) is 0 Å². The van der Waals surface area contributed by atoms with Crippen molar-refractivity contribution in [2.24, 2.45) is 0 Å². The molecule has 0 aromatic heterocycles. The number of rotatable bonds is 6. The monoisotopic (exact) mass is 405 g/mol. The van der Waals surface area contributed by atoms with E-state index in [-0.39, 0.29) is 12.5 Å². The maximum absolute atomic E-state index is 12.4. The zero-order valence-corrected chi connectivity index (χ0v) is 17.5. The van der Waals surface area contributed by atoms with Crippen LogP contribution in [-0.2, 0) is 16.1 Å². The summed E-state index contributed by atoms with van der Waals surface area (Å²) in [5.74, 6) is -0.214. The van der Waals surface area contributed by atoms with Crippen molar-refractivity contribution in [2.45, 2.75) is 26.3 Å². The van der Waals surface area contributed by atoms with Crippen molar-refractivity contribution in [3.63, 3.8) is 0 Å². The van der Waals surface area contributed by atoms with Crippen LogP contribution in [0.15, 0.2) is 48.5 Å². The molecule has 30 heavy (non-hydrogen) atoms. The second-order valence-electron chi connectivity index (χ2n) is 7.82. The highest BCUT2D eigenvalue weighted by Crippen LogP contribution is 2.16. The fourth-order valence-electron chi connectivity index (χ4n) is 3.40. The van der Waals surface area contributed by atoms with E-state index in [1.54, 1.807) is 17.0 Å². The van der Waals surface area contributed by atoms with E-state index in [1.807, 2.05) is 6.07 Å². The van der Waals surface area contributed by atoms with E-state index in [2.05, 4.69) is 43.0 Å². The summed E-state index contributed by atoms with van der Waals surface area (Å²) >= 11 is 0. The van der Waals surface area contributed by atoms with Gasteiger partial charge in [0.1, 0.15) is 0 Å². The van der Waals surface area contributed by atoms with Gasteiger partial charge in [-0.15, -0.1) is 0 Å². The van der Waals surface area contributed by atoms with E-state index in [4.69, 9.17) is 10.00 Å². The molecule has 0 saturated carbocycles. The number of amides is 1. The number of nitriles is 1. The lowest BCUT2D eigenvalue weighted by Crippen LogP contribution is -2.49. The Morgan fingerprint density at radius 1 is 1.00 bits per heavy atom. The Hall–Kier alpha value is -3.17. The molecule has 2 aromatic carbocycles. The van der Waals surface area contributed by atoms with Crippen molar-refractivity contribution in [3.05, 3.63) is 70.8 Å². The van der Waals surface area contributed by atoms with Gasteiger partial charge in [-0.05, 0) is 41.3 Å². The second kappa shape index (κ2) is 10.0. The fraction of sp³-hybridized carbons (Fsp3) is 0.375. The number of hydrogen-bond donors (Lipinski definition) is 0. The van der Waals surface area contributed by atoms with Gasteiger partial charge in [-0.1, -0.05) is 38.1 Å². The minimum Gasteiger partial charge on any atom is -0.452 e. The first-order valence-corrected chi connectivity index (χ1v) is 10.2. The average molecular weight is 405 g/mol. The van der Waals surface area contributed by atoms with Crippen LogP contribution in [0.3, 0.4) is 0 Å². The average Bonchev–Trinajstić information content (AvgIpc) is 2.78. The van der Waals surface area contributed by atoms with Crippen molar-refractivity contribution < 1.29 is 14.3 Å². The Bertz CT molecular complexity index is 906. The Morgan fingerprint density at radius 3 is 2.20 bits per heavy atom. The molecular formula is C24H27N3O3. The molecule has 0 spiro atoms. The van der Waals surface area contributed by atoms with Crippen LogP contribution >= 0.6 is 0 Å². The number of carbonyl (C=O) groups excluding carboxylic acids is 2. The third kappa shape index (κ3) is 5.68. The van der Waals surface area contributed by atoms with E-state index in [0.717, 1.165) is 19.6 Å². The van der Waals surface area contributed by atoms with Crippen molar-refractivity contribution in [1.82, 2.24) is 9.80 Å². The molecule has 1 saturated heterocycles. The Labute approximate surface area is 177 Å². The number of esters is 1. The molecule has 6 heteroatoms. The molecule has 1 heterocycles. The molecule has 6 nitrogen and oxygen atoms in total. The molecule has 0 radical (unpaired) electrons. The molecule has 1 fully saturated rings. The van der Waals surface area contributed by atoms with E-state index >= 15 is 0 Å². The standard InChI is InChI=1S/C24H27N3O3/c1-18(2)21-7-5-20(6-8-21)16-26-11-13-27(14-12-26)23(28)17-30-24(29)22-9-3-19(15-25)4-10-22/h3-10,18H,11-14,16-17H2,1-2H3. The normalized spacial score (nSPS) is 14.4. The van der Waals surface area contributed by atoms with Crippen LogP contribution in [0.4, 0.5) is 0 Å². The van der Waals surface area contributed by atoms with Crippen LogP contribution in [0.2, 0.25) is 0 Å². The highest BCUT2D eigenvalue weighted by Gasteiger charge is 2.22. The SMILES string of the molecule is CC(C)c1ccc(CN2CCN(C(=O)COC(=O)c3ccc(C#N)cc3)CC2)cc1. The summed E-state index contributed by atoms with van der Waals surface area (Å²) in [5.41, 5.74) is 3.41. The van der Waals surface area contributed by atoms with Crippen LogP contribution in [0, 0.1) is 11.3 Å². The summed E-state index contributed by atoms with van der Waals surface area (Å²) in [7, 11) is 0. The summed E-state index contributed by atoms with van der Waals surface area (Å²) in [6.45, 7) is 7.81. The predicted octanol–water partition coefficient (Wildman–Crippen LogP) is 3.18. The first kappa shape index (κ1) is 21.5. The molecule has 0 atom stereocenters. The number of carbonyl (C=O) groups is 2. The van der Waals surface area contributed by atoms with E-state index < -0.39 is 5.97 Å². The Kier molecular flexibility index (Phi) is 7.21. The van der Waals surface area contributed by atoms with Crippen LogP contribution in [0.1, 0.15) is 46.8 Å². The molecule has 0 aliphatic carbocycles. The molecule has 1 aliphatic heterocycles. The minimum absolute atomic E-state index is 0.182. The third-order valence-corrected chi connectivity index (χ3v) is 5.35. The summed E-state index contributed by atoms with van der Waals surface area (Å²) < 4.78 is 5.14. The quantitative estimate of drug-likeness (QED) is 0.690. The number of benzene rings is 2. The van der Waals surface area contributed by atoms with Gasteiger partial charge in [0.2, 0.25) is 0 Å². The molecule has 0 N–H and O–H groups in total. The minimum atomic E-state index is -0.559. The van der Waals surface area contributed by atoms with Gasteiger partial charge in [0.25, 0.3) is 5.91 Å².